The monoisotopic (exact) mass is 338 g/mol. The Morgan fingerprint density at radius 2 is 1.64 bits per heavy atom. The van der Waals surface area contributed by atoms with Gasteiger partial charge in [0.05, 0.1) is 0 Å². The number of nitrogens with zero attached hydrogens (tertiary/aromatic N) is 3. The van der Waals surface area contributed by atoms with Crippen molar-refractivity contribution in [2.24, 2.45) is 0 Å². The molecule has 0 atom stereocenters. The number of carbonyl (C=O) groups excluding carboxylic acids is 1. The molecule has 2 heterocycles. The van der Waals surface area contributed by atoms with E-state index in [-0.39, 0.29) is 5.91 Å². The summed E-state index contributed by atoms with van der Waals surface area (Å²) in [6, 6.07) is 7.81. The van der Waals surface area contributed by atoms with Gasteiger partial charge in [0.1, 0.15) is 17.3 Å². The molecule has 132 valence electrons. The fourth-order valence-electron chi connectivity index (χ4n) is 3.32. The van der Waals surface area contributed by atoms with Gasteiger partial charge >= 0.3 is 0 Å². The second kappa shape index (κ2) is 7.64. The number of para-hydroxylation sites is 1. The lowest BCUT2D eigenvalue weighted by molar-refractivity contribution is 0.102. The van der Waals surface area contributed by atoms with Gasteiger partial charge in [0.15, 0.2) is 0 Å². The smallest absolute Gasteiger partial charge is 0.274 e. The summed E-state index contributed by atoms with van der Waals surface area (Å²) in [5.74, 6) is 1.31. The number of aromatic nitrogens is 2. The Morgan fingerprint density at radius 3 is 2.28 bits per heavy atom. The first-order chi connectivity index (χ1) is 12.0. The highest BCUT2D eigenvalue weighted by Crippen LogP contribution is 2.22. The van der Waals surface area contributed by atoms with Crippen molar-refractivity contribution in [2.75, 3.05) is 23.3 Å². The molecule has 0 unspecified atom stereocenters. The van der Waals surface area contributed by atoms with E-state index in [4.69, 9.17) is 0 Å². The van der Waals surface area contributed by atoms with Crippen LogP contribution in [0.1, 0.15) is 53.1 Å². The van der Waals surface area contributed by atoms with Crippen molar-refractivity contribution >= 4 is 17.4 Å². The third-order valence-corrected chi connectivity index (χ3v) is 4.71. The maximum absolute atomic E-state index is 12.8. The Bertz CT molecular complexity index is 744. The molecule has 0 aliphatic carbocycles. The lowest BCUT2D eigenvalue weighted by Gasteiger charge is -2.22. The molecule has 5 heteroatoms. The fourth-order valence-corrected chi connectivity index (χ4v) is 3.32. The average molecular weight is 338 g/mol. The number of benzene rings is 1. The Hall–Kier alpha value is -2.43. The highest BCUT2D eigenvalue weighted by atomic mass is 16.1. The summed E-state index contributed by atoms with van der Waals surface area (Å²) >= 11 is 0. The van der Waals surface area contributed by atoms with Crippen molar-refractivity contribution in [2.45, 2.75) is 46.5 Å². The van der Waals surface area contributed by atoms with Crippen molar-refractivity contribution in [1.82, 2.24) is 9.97 Å². The van der Waals surface area contributed by atoms with E-state index in [0.717, 1.165) is 35.7 Å². The highest BCUT2D eigenvalue weighted by molar-refractivity contribution is 6.04. The van der Waals surface area contributed by atoms with E-state index in [2.05, 4.69) is 20.2 Å². The van der Waals surface area contributed by atoms with Gasteiger partial charge in [-0.2, -0.15) is 0 Å². The molecular formula is C20H26N4O. The van der Waals surface area contributed by atoms with Crippen LogP contribution in [0.2, 0.25) is 0 Å². The van der Waals surface area contributed by atoms with Crippen molar-refractivity contribution in [3.8, 4) is 0 Å². The molecule has 1 fully saturated rings. The quantitative estimate of drug-likeness (QED) is 0.918. The van der Waals surface area contributed by atoms with Gasteiger partial charge < -0.3 is 10.2 Å². The topological polar surface area (TPSA) is 58.1 Å². The molecule has 1 aromatic heterocycles. The van der Waals surface area contributed by atoms with Crippen molar-refractivity contribution in [3.63, 3.8) is 0 Å². The van der Waals surface area contributed by atoms with E-state index in [0.29, 0.717) is 11.5 Å². The Balaban J connectivity index is 1.85. The van der Waals surface area contributed by atoms with Crippen LogP contribution in [0.25, 0.3) is 0 Å². The molecule has 25 heavy (non-hydrogen) atoms. The number of amides is 1. The lowest BCUT2D eigenvalue weighted by Crippen LogP contribution is -2.26. The third kappa shape index (κ3) is 4.16. The van der Waals surface area contributed by atoms with Crippen molar-refractivity contribution in [1.29, 1.82) is 0 Å². The summed E-state index contributed by atoms with van der Waals surface area (Å²) in [4.78, 5) is 23.9. The van der Waals surface area contributed by atoms with E-state index in [9.17, 15) is 4.79 Å². The molecule has 0 radical (unpaired) electrons. The maximum Gasteiger partial charge on any atom is 0.274 e. The zero-order chi connectivity index (χ0) is 17.8. The zero-order valence-electron chi connectivity index (χ0n) is 15.3. The van der Waals surface area contributed by atoms with Crippen LogP contribution in [0.3, 0.4) is 0 Å². The van der Waals surface area contributed by atoms with Gasteiger partial charge in [0, 0.05) is 24.8 Å². The molecule has 1 N–H and O–H groups in total. The Labute approximate surface area is 149 Å². The first kappa shape index (κ1) is 17.4. The van der Waals surface area contributed by atoms with Gasteiger partial charge in [-0.3, -0.25) is 4.79 Å². The first-order valence-electron chi connectivity index (χ1n) is 9.03. The second-order valence-corrected chi connectivity index (χ2v) is 6.78. The molecule has 3 rings (SSSR count). The van der Waals surface area contributed by atoms with Crippen LogP contribution in [0.15, 0.2) is 24.3 Å². The van der Waals surface area contributed by atoms with Crippen LogP contribution in [-0.2, 0) is 0 Å². The molecule has 1 aliphatic heterocycles. The summed E-state index contributed by atoms with van der Waals surface area (Å²) in [7, 11) is 0. The minimum absolute atomic E-state index is 0.182. The zero-order valence-corrected chi connectivity index (χ0v) is 15.3. The average Bonchev–Trinajstić information content (AvgIpc) is 2.87. The second-order valence-electron chi connectivity index (χ2n) is 6.78. The molecule has 2 aromatic rings. The number of anilines is 2. The predicted octanol–water partition coefficient (Wildman–Crippen LogP) is 4.03. The van der Waals surface area contributed by atoms with Crippen LogP contribution >= 0.6 is 0 Å². The summed E-state index contributed by atoms with van der Waals surface area (Å²) in [5.41, 5.74) is 3.38. The summed E-state index contributed by atoms with van der Waals surface area (Å²) in [5, 5.41) is 3.02. The van der Waals surface area contributed by atoms with Crippen LogP contribution in [0, 0.1) is 20.8 Å². The molecule has 1 amide bonds. The third-order valence-electron chi connectivity index (χ3n) is 4.71. The van der Waals surface area contributed by atoms with Gasteiger partial charge in [0.25, 0.3) is 5.91 Å². The fraction of sp³-hybridized carbons (Fsp3) is 0.450. The Kier molecular flexibility index (Phi) is 5.31. The van der Waals surface area contributed by atoms with Gasteiger partial charge in [-0.15, -0.1) is 0 Å². The number of aryl methyl sites for hydroxylation is 3. The van der Waals surface area contributed by atoms with Crippen LogP contribution < -0.4 is 10.2 Å². The number of hydrogen-bond acceptors (Lipinski definition) is 4. The summed E-state index contributed by atoms with van der Waals surface area (Å²) in [6.45, 7) is 7.83. The maximum atomic E-state index is 12.8. The molecule has 1 saturated heterocycles. The van der Waals surface area contributed by atoms with Gasteiger partial charge in [-0.1, -0.05) is 31.0 Å². The normalized spacial score (nSPS) is 14.9. The van der Waals surface area contributed by atoms with E-state index in [1.807, 2.05) is 45.0 Å². The molecule has 0 saturated carbocycles. The van der Waals surface area contributed by atoms with E-state index in [1.54, 1.807) is 0 Å². The standard InChI is InChI=1S/C20H26N4O/c1-14-9-8-10-15(2)19(14)23-20(25)17-13-18(22-16(3)21-17)24-11-6-4-5-7-12-24/h8-10,13H,4-7,11-12H2,1-3H3,(H,23,25). The largest absolute Gasteiger partial charge is 0.356 e. The van der Waals surface area contributed by atoms with E-state index < -0.39 is 0 Å². The number of rotatable bonds is 3. The molecule has 5 nitrogen and oxygen atoms in total. The molecule has 1 aliphatic rings. The molecule has 0 spiro atoms. The number of nitrogens with one attached hydrogen (secondary N) is 1. The van der Waals surface area contributed by atoms with Gasteiger partial charge in [-0.05, 0) is 44.7 Å². The SMILES string of the molecule is Cc1nc(C(=O)Nc2c(C)cccc2C)cc(N2CCCCCC2)n1. The van der Waals surface area contributed by atoms with Crippen LogP contribution in [0.5, 0.6) is 0 Å². The summed E-state index contributed by atoms with van der Waals surface area (Å²) in [6.07, 6.45) is 4.88. The molecule has 1 aromatic carbocycles. The predicted molar refractivity (Wildman–Crippen MR) is 101 cm³/mol. The van der Waals surface area contributed by atoms with Crippen LogP contribution in [0.4, 0.5) is 11.5 Å². The highest BCUT2D eigenvalue weighted by Gasteiger charge is 2.17. The molecule has 0 bridgehead atoms. The number of hydrogen-bond donors (Lipinski definition) is 1. The summed E-state index contributed by atoms with van der Waals surface area (Å²) < 4.78 is 0. The Morgan fingerprint density at radius 1 is 1.00 bits per heavy atom. The van der Waals surface area contributed by atoms with E-state index in [1.165, 1.54) is 25.7 Å². The first-order valence-corrected chi connectivity index (χ1v) is 9.03. The van der Waals surface area contributed by atoms with E-state index >= 15 is 0 Å². The lowest BCUT2D eigenvalue weighted by atomic mass is 10.1. The minimum atomic E-state index is -0.182. The van der Waals surface area contributed by atoms with Gasteiger partial charge in [-0.25, -0.2) is 9.97 Å². The van der Waals surface area contributed by atoms with Crippen molar-refractivity contribution < 1.29 is 4.79 Å². The number of carbonyl (C=O) groups is 1. The molecular weight excluding hydrogens is 312 g/mol. The van der Waals surface area contributed by atoms with Crippen molar-refractivity contribution in [3.05, 3.63) is 46.9 Å². The van der Waals surface area contributed by atoms with Crippen LogP contribution in [-0.4, -0.2) is 29.0 Å². The van der Waals surface area contributed by atoms with Gasteiger partial charge in [0.2, 0.25) is 0 Å². The minimum Gasteiger partial charge on any atom is -0.356 e.